The van der Waals surface area contributed by atoms with E-state index in [4.69, 9.17) is 14.2 Å². The van der Waals surface area contributed by atoms with Gasteiger partial charge in [-0.25, -0.2) is 5.43 Å². The standard InChI is InChI=1S/C15H13N3O4/c1-20-12-7-14-13(21-9-22-14)6-10(12)8-17-18-15(19)11-4-2-3-5-16-11/h2-8H,9H2,1H3,(H,18,19)/b17-8-. The smallest absolute Gasteiger partial charge is 0.289 e. The van der Waals surface area contributed by atoms with Crippen molar-refractivity contribution < 1.29 is 19.0 Å². The number of nitrogens with zero attached hydrogens (tertiary/aromatic N) is 2. The summed E-state index contributed by atoms with van der Waals surface area (Å²) in [6.07, 6.45) is 3.02. The molecule has 1 aromatic carbocycles. The normalized spacial score (nSPS) is 12.4. The van der Waals surface area contributed by atoms with Crippen molar-refractivity contribution in [2.45, 2.75) is 0 Å². The third kappa shape index (κ3) is 2.83. The zero-order valence-corrected chi connectivity index (χ0v) is 11.8. The Morgan fingerprint density at radius 1 is 1.36 bits per heavy atom. The van der Waals surface area contributed by atoms with Gasteiger partial charge in [-0.2, -0.15) is 5.10 Å². The lowest BCUT2D eigenvalue weighted by Crippen LogP contribution is -2.18. The Bertz CT molecular complexity index is 716. The quantitative estimate of drug-likeness (QED) is 0.684. The molecule has 1 aliphatic heterocycles. The van der Waals surface area contributed by atoms with Crippen LogP contribution in [0.3, 0.4) is 0 Å². The van der Waals surface area contributed by atoms with Crippen molar-refractivity contribution in [1.82, 2.24) is 10.4 Å². The summed E-state index contributed by atoms with van der Waals surface area (Å²) in [5.41, 5.74) is 3.36. The van der Waals surface area contributed by atoms with E-state index in [1.807, 2.05) is 0 Å². The number of nitrogens with one attached hydrogen (secondary N) is 1. The third-order valence-corrected chi connectivity index (χ3v) is 2.99. The average Bonchev–Trinajstić information content (AvgIpc) is 3.02. The van der Waals surface area contributed by atoms with E-state index in [-0.39, 0.29) is 12.5 Å². The molecule has 1 aliphatic rings. The van der Waals surface area contributed by atoms with Crippen molar-refractivity contribution in [1.29, 1.82) is 0 Å². The van der Waals surface area contributed by atoms with Crippen LogP contribution in [0.1, 0.15) is 16.1 Å². The number of ether oxygens (including phenoxy) is 3. The van der Waals surface area contributed by atoms with Crippen LogP contribution >= 0.6 is 0 Å². The molecule has 3 rings (SSSR count). The Kier molecular flexibility index (Phi) is 3.86. The molecule has 1 aromatic heterocycles. The largest absolute Gasteiger partial charge is 0.496 e. The van der Waals surface area contributed by atoms with E-state index in [9.17, 15) is 4.79 Å². The van der Waals surface area contributed by atoms with Gasteiger partial charge < -0.3 is 14.2 Å². The fourth-order valence-electron chi connectivity index (χ4n) is 1.93. The topological polar surface area (TPSA) is 82.0 Å². The maximum absolute atomic E-state index is 11.8. The number of carbonyl (C=O) groups excluding carboxylic acids is 1. The van der Waals surface area contributed by atoms with Crippen LogP contribution in [0.2, 0.25) is 0 Å². The Labute approximate surface area is 126 Å². The molecule has 7 nitrogen and oxygen atoms in total. The molecule has 22 heavy (non-hydrogen) atoms. The predicted octanol–water partition coefficient (Wildman–Crippen LogP) is 1.58. The predicted molar refractivity (Wildman–Crippen MR) is 78.4 cm³/mol. The molecule has 0 atom stereocenters. The highest BCUT2D eigenvalue weighted by molar-refractivity contribution is 5.93. The molecular weight excluding hydrogens is 286 g/mol. The number of rotatable bonds is 4. The van der Waals surface area contributed by atoms with Gasteiger partial charge in [0.05, 0.1) is 13.3 Å². The van der Waals surface area contributed by atoms with Crippen molar-refractivity contribution in [3.05, 3.63) is 47.8 Å². The highest BCUT2D eigenvalue weighted by Crippen LogP contribution is 2.37. The molecule has 0 saturated heterocycles. The number of hydrogen-bond acceptors (Lipinski definition) is 6. The molecule has 0 aliphatic carbocycles. The SMILES string of the molecule is COc1cc2c(cc1/C=N\NC(=O)c1ccccn1)OCO2. The molecule has 0 fully saturated rings. The van der Waals surface area contributed by atoms with Gasteiger partial charge in [-0.1, -0.05) is 6.07 Å². The van der Waals surface area contributed by atoms with Crippen molar-refractivity contribution in [3.8, 4) is 17.2 Å². The number of hydrogen-bond donors (Lipinski definition) is 1. The molecule has 2 aromatic rings. The summed E-state index contributed by atoms with van der Waals surface area (Å²) >= 11 is 0. The number of hydrazone groups is 1. The van der Waals surface area contributed by atoms with Gasteiger partial charge >= 0.3 is 0 Å². The van der Waals surface area contributed by atoms with Crippen LogP contribution in [0.4, 0.5) is 0 Å². The third-order valence-electron chi connectivity index (χ3n) is 2.99. The van der Waals surface area contributed by atoms with Crippen LogP contribution in [-0.4, -0.2) is 31.0 Å². The Balaban J connectivity index is 1.74. The highest BCUT2D eigenvalue weighted by Gasteiger charge is 2.17. The van der Waals surface area contributed by atoms with Gasteiger partial charge in [0.25, 0.3) is 5.91 Å². The second kappa shape index (κ2) is 6.13. The van der Waals surface area contributed by atoms with Crippen LogP contribution in [0.5, 0.6) is 17.2 Å². The van der Waals surface area contributed by atoms with Gasteiger partial charge in [0.15, 0.2) is 11.5 Å². The van der Waals surface area contributed by atoms with Gasteiger partial charge in [0.2, 0.25) is 6.79 Å². The fourth-order valence-corrected chi connectivity index (χ4v) is 1.93. The molecule has 0 bridgehead atoms. The first-order valence-electron chi connectivity index (χ1n) is 6.50. The monoisotopic (exact) mass is 299 g/mol. The maximum atomic E-state index is 11.8. The summed E-state index contributed by atoms with van der Waals surface area (Å²) in [6, 6.07) is 8.51. The van der Waals surface area contributed by atoms with Crippen molar-refractivity contribution in [2.75, 3.05) is 13.9 Å². The fraction of sp³-hybridized carbons (Fsp3) is 0.133. The van der Waals surface area contributed by atoms with Crippen molar-refractivity contribution >= 4 is 12.1 Å². The van der Waals surface area contributed by atoms with E-state index in [2.05, 4.69) is 15.5 Å². The van der Waals surface area contributed by atoms with E-state index < -0.39 is 5.91 Å². The molecule has 0 spiro atoms. The molecule has 0 saturated carbocycles. The van der Waals surface area contributed by atoms with Crippen LogP contribution in [-0.2, 0) is 0 Å². The van der Waals surface area contributed by atoms with Gasteiger partial charge in [0, 0.05) is 17.8 Å². The number of benzene rings is 1. The molecule has 1 N–H and O–H groups in total. The molecule has 0 radical (unpaired) electrons. The number of amides is 1. The number of aromatic nitrogens is 1. The van der Waals surface area contributed by atoms with Gasteiger partial charge in [-0.3, -0.25) is 9.78 Å². The second-order valence-electron chi connectivity index (χ2n) is 4.36. The summed E-state index contributed by atoms with van der Waals surface area (Å²) < 4.78 is 15.8. The lowest BCUT2D eigenvalue weighted by atomic mass is 10.2. The van der Waals surface area contributed by atoms with E-state index in [1.54, 1.807) is 43.6 Å². The van der Waals surface area contributed by atoms with E-state index >= 15 is 0 Å². The summed E-state index contributed by atoms with van der Waals surface area (Å²) in [5.74, 6) is 1.40. The number of methoxy groups -OCH3 is 1. The van der Waals surface area contributed by atoms with Gasteiger partial charge in [-0.05, 0) is 18.2 Å². The maximum Gasteiger partial charge on any atom is 0.289 e. The number of carbonyl (C=O) groups is 1. The molecule has 2 heterocycles. The highest BCUT2D eigenvalue weighted by atomic mass is 16.7. The summed E-state index contributed by atoms with van der Waals surface area (Å²) in [7, 11) is 1.54. The Hall–Kier alpha value is -3.09. The van der Waals surface area contributed by atoms with E-state index in [0.717, 1.165) is 0 Å². The zero-order chi connectivity index (χ0) is 15.4. The molecule has 112 valence electrons. The minimum absolute atomic E-state index is 0.176. The van der Waals surface area contributed by atoms with Crippen LogP contribution in [0, 0.1) is 0 Å². The van der Waals surface area contributed by atoms with Gasteiger partial charge in [-0.15, -0.1) is 0 Å². The Morgan fingerprint density at radius 2 is 2.18 bits per heavy atom. The number of fused-ring (bicyclic) bond motifs is 1. The first kappa shape index (κ1) is 13.9. The van der Waals surface area contributed by atoms with Crippen LogP contribution in [0.15, 0.2) is 41.6 Å². The van der Waals surface area contributed by atoms with Crippen LogP contribution < -0.4 is 19.6 Å². The molecule has 1 amide bonds. The van der Waals surface area contributed by atoms with Gasteiger partial charge in [0.1, 0.15) is 11.4 Å². The minimum atomic E-state index is -0.392. The number of pyridine rings is 1. The van der Waals surface area contributed by atoms with E-state index in [1.165, 1.54) is 6.21 Å². The lowest BCUT2D eigenvalue weighted by molar-refractivity contribution is 0.0950. The second-order valence-corrected chi connectivity index (χ2v) is 4.36. The lowest BCUT2D eigenvalue weighted by Gasteiger charge is -2.06. The van der Waals surface area contributed by atoms with Crippen LogP contribution in [0.25, 0.3) is 0 Å². The molecule has 7 heteroatoms. The zero-order valence-electron chi connectivity index (χ0n) is 11.8. The summed E-state index contributed by atoms with van der Waals surface area (Å²) in [4.78, 5) is 15.8. The molecular formula is C15H13N3O4. The summed E-state index contributed by atoms with van der Waals surface area (Å²) in [6.45, 7) is 0.176. The van der Waals surface area contributed by atoms with Crippen molar-refractivity contribution in [3.63, 3.8) is 0 Å². The molecule has 0 unspecified atom stereocenters. The van der Waals surface area contributed by atoms with Crippen molar-refractivity contribution in [2.24, 2.45) is 5.10 Å². The minimum Gasteiger partial charge on any atom is -0.496 e. The first-order chi connectivity index (χ1) is 10.8. The van der Waals surface area contributed by atoms with E-state index in [0.29, 0.717) is 22.8 Å². The average molecular weight is 299 g/mol. The first-order valence-corrected chi connectivity index (χ1v) is 6.50. The Morgan fingerprint density at radius 3 is 2.91 bits per heavy atom. The summed E-state index contributed by atoms with van der Waals surface area (Å²) in [5, 5.41) is 3.91.